The molecule has 8 heteroatoms. The van der Waals surface area contributed by atoms with Crippen molar-refractivity contribution in [2.75, 3.05) is 46.6 Å². The fourth-order valence-corrected chi connectivity index (χ4v) is 3.79. The molecule has 28 heavy (non-hydrogen) atoms. The van der Waals surface area contributed by atoms with E-state index in [1.165, 1.54) is 6.26 Å². The summed E-state index contributed by atoms with van der Waals surface area (Å²) in [6.45, 7) is 9.39. The van der Waals surface area contributed by atoms with Crippen molar-refractivity contribution in [3.63, 3.8) is 0 Å². The van der Waals surface area contributed by atoms with Gasteiger partial charge in [-0.15, -0.1) is 0 Å². The van der Waals surface area contributed by atoms with Gasteiger partial charge in [-0.2, -0.15) is 0 Å². The summed E-state index contributed by atoms with van der Waals surface area (Å²) in [5.74, 6) is 0.724. The molecule has 0 radical (unpaired) electrons. The van der Waals surface area contributed by atoms with Crippen molar-refractivity contribution in [2.45, 2.75) is 44.7 Å². The van der Waals surface area contributed by atoms with Crippen molar-refractivity contribution in [1.82, 2.24) is 15.5 Å². The topological polar surface area (TPSA) is 83.0 Å². The highest BCUT2D eigenvalue weighted by Crippen LogP contribution is 2.17. The monoisotopic (exact) mass is 412 g/mol. The summed E-state index contributed by atoms with van der Waals surface area (Å²) in [6, 6.07) is 5.35. The van der Waals surface area contributed by atoms with Crippen LogP contribution in [0.2, 0.25) is 0 Å². The standard InChI is InChI=1S/C20H36N4O3S/c1-7-21-20(23-15-18(27-8-2)11-12-24(4)5)22-14-17-9-10-19(16(3)13-17)28(6,25)26/h9-10,13,18H,7-8,11-12,14-15H2,1-6H3,(H2,21,22,23). The molecular formula is C20H36N4O3S. The Morgan fingerprint density at radius 1 is 1.25 bits per heavy atom. The van der Waals surface area contributed by atoms with E-state index in [0.717, 1.165) is 36.6 Å². The Kier molecular flexibility index (Phi) is 10.5. The van der Waals surface area contributed by atoms with E-state index in [0.29, 0.717) is 24.6 Å². The number of guanidine groups is 1. The lowest BCUT2D eigenvalue weighted by Gasteiger charge is -2.21. The van der Waals surface area contributed by atoms with Crippen LogP contribution >= 0.6 is 0 Å². The van der Waals surface area contributed by atoms with Crippen molar-refractivity contribution in [3.8, 4) is 0 Å². The third-order valence-corrected chi connectivity index (χ3v) is 5.46. The highest BCUT2D eigenvalue weighted by atomic mass is 32.2. The number of sulfone groups is 1. The molecule has 0 aliphatic heterocycles. The molecule has 0 aliphatic rings. The molecule has 1 rings (SSSR count). The Hall–Kier alpha value is -1.64. The molecule has 0 saturated carbocycles. The lowest BCUT2D eigenvalue weighted by atomic mass is 10.1. The van der Waals surface area contributed by atoms with Gasteiger partial charge in [-0.25, -0.2) is 13.4 Å². The van der Waals surface area contributed by atoms with Crippen molar-refractivity contribution >= 4 is 15.8 Å². The molecule has 0 spiro atoms. The molecule has 160 valence electrons. The van der Waals surface area contributed by atoms with Crippen molar-refractivity contribution in [2.24, 2.45) is 4.99 Å². The highest BCUT2D eigenvalue weighted by molar-refractivity contribution is 7.90. The minimum Gasteiger partial charge on any atom is -0.377 e. The molecule has 2 N–H and O–H groups in total. The molecule has 0 fully saturated rings. The zero-order valence-electron chi connectivity index (χ0n) is 18.1. The van der Waals surface area contributed by atoms with Crippen LogP contribution in [-0.2, 0) is 21.1 Å². The molecular weight excluding hydrogens is 376 g/mol. The number of hydrogen-bond donors (Lipinski definition) is 2. The summed E-state index contributed by atoms with van der Waals surface area (Å²) in [4.78, 5) is 7.14. The number of hydrogen-bond acceptors (Lipinski definition) is 5. The summed E-state index contributed by atoms with van der Waals surface area (Å²) in [5, 5.41) is 6.59. The van der Waals surface area contributed by atoms with Crippen LogP contribution in [0.4, 0.5) is 0 Å². The first-order chi connectivity index (χ1) is 13.2. The number of ether oxygens (including phenoxy) is 1. The molecule has 0 heterocycles. The van der Waals surface area contributed by atoms with Gasteiger partial charge in [0.2, 0.25) is 0 Å². The van der Waals surface area contributed by atoms with Crippen molar-refractivity contribution in [1.29, 1.82) is 0 Å². The second kappa shape index (κ2) is 12.0. The predicted molar refractivity (Wildman–Crippen MR) is 116 cm³/mol. The van der Waals surface area contributed by atoms with Gasteiger partial charge in [-0.3, -0.25) is 0 Å². The lowest BCUT2D eigenvalue weighted by molar-refractivity contribution is 0.0548. The van der Waals surface area contributed by atoms with E-state index in [4.69, 9.17) is 4.74 Å². The predicted octanol–water partition coefficient (Wildman–Crippen LogP) is 1.81. The molecule has 1 atom stereocenters. The van der Waals surface area contributed by atoms with E-state index < -0.39 is 9.84 Å². The zero-order valence-corrected chi connectivity index (χ0v) is 18.9. The third kappa shape index (κ3) is 9.03. The molecule has 1 unspecified atom stereocenters. The van der Waals surface area contributed by atoms with Crippen LogP contribution in [0.3, 0.4) is 0 Å². The number of benzene rings is 1. The van der Waals surface area contributed by atoms with E-state index in [9.17, 15) is 8.42 Å². The van der Waals surface area contributed by atoms with E-state index in [1.54, 1.807) is 6.07 Å². The quantitative estimate of drug-likeness (QED) is 0.426. The van der Waals surface area contributed by atoms with Gasteiger partial charge in [0.1, 0.15) is 0 Å². The maximum absolute atomic E-state index is 11.8. The van der Waals surface area contributed by atoms with Crippen molar-refractivity contribution < 1.29 is 13.2 Å². The first-order valence-electron chi connectivity index (χ1n) is 9.75. The number of nitrogens with one attached hydrogen (secondary N) is 2. The zero-order chi connectivity index (χ0) is 21.2. The Balaban J connectivity index is 2.76. The number of aliphatic imine (C=N–C) groups is 1. The molecule has 0 amide bonds. The number of nitrogens with zero attached hydrogens (tertiary/aromatic N) is 2. The molecule has 1 aromatic rings. The van der Waals surface area contributed by atoms with Gasteiger partial charge in [0.25, 0.3) is 0 Å². The summed E-state index contributed by atoms with van der Waals surface area (Å²) in [5.41, 5.74) is 1.71. The van der Waals surface area contributed by atoms with E-state index in [2.05, 4.69) is 34.6 Å². The van der Waals surface area contributed by atoms with E-state index in [-0.39, 0.29) is 6.10 Å². The number of rotatable bonds is 11. The van der Waals surface area contributed by atoms with Crippen LogP contribution < -0.4 is 10.6 Å². The Labute approximate surface area is 170 Å². The normalized spacial score (nSPS) is 13.6. The van der Waals surface area contributed by atoms with Crippen molar-refractivity contribution in [3.05, 3.63) is 29.3 Å². The molecule has 0 aliphatic carbocycles. The van der Waals surface area contributed by atoms with Crippen LogP contribution in [-0.4, -0.2) is 72.0 Å². The second-order valence-corrected chi connectivity index (χ2v) is 9.10. The largest absolute Gasteiger partial charge is 0.377 e. The van der Waals surface area contributed by atoms with Crippen LogP contribution in [0.15, 0.2) is 28.1 Å². The van der Waals surface area contributed by atoms with Gasteiger partial charge in [-0.1, -0.05) is 12.1 Å². The Morgan fingerprint density at radius 3 is 2.50 bits per heavy atom. The Morgan fingerprint density at radius 2 is 1.96 bits per heavy atom. The van der Waals surface area contributed by atoms with Gasteiger partial charge < -0.3 is 20.3 Å². The van der Waals surface area contributed by atoms with E-state index >= 15 is 0 Å². The summed E-state index contributed by atoms with van der Waals surface area (Å²) < 4.78 is 29.3. The molecule has 0 aromatic heterocycles. The van der Waals surface area contributed by atoms with Crippen LogP contribution in [0.5, 0.6) is 0 Å². The Bertz CT molecular complexity index is 733. The minimum absolute atomic E-state index is 0.118. The van der Waals surface area contributed by atoms with Crippen LogP contribution in [0, 0.1) is 6.92 Å². The highest BCUT2D eigenvalue weighted by Gasteiger charge is 2.12. The molecule has 7 nitrogen and oxygen atoms in total. The fourth-order valence-electron chi connectivity index (χ4n) is 2.83. The summed E-state index contributed by atoms with van der Waals surface area (Å²) >= 11 is 0. The smallest absolute Gasteiger partial charge is 0.191 e. The molecule has 0 saturated heterocycles. The first-order valence-corrected chi connectivity index (χ1v) is 11.6. The minimum atomic E-state index is -3.20. The fraction of sp³-hybridized carbons (Fsp3) is 0.650. The maximum Gasteiger partial charge on any atom is 0.191 e. The lowest BCUT2D eigenvalue weighted by Crippen LogP contribution is -2.42. The summed E-state index contributed by atoms with van der Waals surface area (Å²) in [7, 11) is 0.906. The van der Waals surface area contributed by atoms with Gasteiger partial charge in [0.05, 0.1) is 17.5 Å². The maximum atomic E-state index is 11.8. The van der Waals surface area contributed by atoms with Gasteiger partial charge in [0.15, 0.2) is 15.8 Å². The first kappa shape index (κ1) is 24.4. The van der Waals surface area contributed by atoms with Gasteiger partial charge in [-0.05, 0) is 58.5 Å². The third-order valence-electron chi connectivity index (χ3n) is 4.20. The summed E-state index contributed by atoms with van der Waals surface area (Å²) in [6.07, 6.45) is 2.29. The van der Waals surface area contributed by atoms with Gasteiger partial charge in [0, 0.05) is 32.5 Å². The van der Waals surface area contributed by atoms with Crippen LogP contribution in [0.25, 0.3) is 0 Å². The number of aryl methyl sites for hydroxylation is 1. The van der Waals surface area contributed by atoms with E-state index in [1.807, 2.05) is 32.9 Å². The second-order valence-electron chi connectivity index (χ2n) is 7.12. The van der Waals surface area contributed by atoms with Crippen LogP contribution in [0.1, 0.15) is 31.4 Å². The molecule has 0 bridgehead atoms. The average Bonchev–Trinajstić information content (AvgIpc) is 2.60. The SMILES string of the molecule is CCNC(=NCc1ccc(S(C)(=O)=O)c(C)c1)NCC(CCN(C)C)OCC. The van der Waals surface area contributed by atoms with Gasteiger partial charge >= 0.3 is 0 Å². The molecule has 1 aromatic carbocycles. The average molecular weight is 413 g/mol.